The van der Waals surface area contributed by atoms with Gasteiger partial charge in [0.2, 0.25) is 5.88 Å². The highest BCUT2D eigenvalue weighted by Crippen LogP contribution is 2.32. The highest BCUT2D eigenvalue weighted by Gasteiger charge is 2.41. The second-order valence-electron chi connectivity index (χ2n) is 6.07. The third kappa shape index (κ3) is 6.92. The third-order valence-electron chi connectivity index (χ3n) is 3.58. The highest BCUT2D eigenvalue weighted by atomic mass is 32.2. The first-order valence-corrected chi connectivity index (χ1v) is 9.76. The average Bonchev–Trinajstić information content (AvgIpc) is 2.64. The number of nitrogens with zero attached hydrogens (tertiary/aromatic N) is 2. The Morgan fingerprint density at radius 3 is 2.29 bits per heavy atom. The maximum Gasteiger partial charge on any atom is 0.422 e. The summed E-state index contributed by atoms with van der Waals surface area (Å²) in [5.41, 5.74) is -0.126. The molecule has 0 fully saturated rings. The zero-order valence-electron chi connectivity index (χ0n) is 16.0. The SMILES string of the molecule is COc1ccccc1NS(=O)(=O)C1=C(OCC(F)(F)F)N=CN(C)C1OCC(F)(F)F. The zero-order chi connectivity index (χ0) is 23.4. The maximum absolute atomic E-state index is 13.0. The van der Waals surface area contributed by atoms with E-state index in [1.807, 2.05) is 4.72 Å². The normalized spacial score (nSPS) is 17.7. The van der Waals surface area contributed by atoms with Crippen molar-refractivity contribution in [2.24, 2.45) is 4.99 Å². The van der Waals surface area contributed by atoms with E-state index in [0.717, 1.165) is 18.3 Å². The topological polar surface area (TPSA) is 89.5 Å². The molecule has 0 saturated heterocycles. The van der Waals surface area contributed by atoms with Gasteiger partial charge in [0.15, 0.2) is 17.7 Å². The van der Waals surface area contributed by atoms with Crippen molar-refractivity contribution >= 4 is 22.0 Å². The Kier molecular flexibility index (Phi) is 7.31. The first-order chi connectivity index (χ1) is 14.2. The van der Waals surface area contributed by atoms with E-state index in [4.69, 9.17) is 4.74 Å². The molecule has 0 amide bonds. The van der Waals surface area contributed by atoms with Crippen LogP contribution in [0.2, 0.25) is 0 Å². The molecule has 8 nitrogen and oxygen atoms in total. The van der Waals surface area contributed by atoms with Crippen molar-refractivity contribution in [2.75, 3.05) is 32.1 Å². The Labute approximate surface area is 173 Å². The molecule has 1 aliphatic rings. The third-order valence-corrected chi connectivity index (χ3v) is 5.02. The molecule has 1 N–H and O–H groups in total. The number of aliphatic imine (C=N–C) groups is 1. The van der Waals surface area contributed by atoms with Crippen LogP contribution in [0.1, 0.15) is 0 Å². The number of rotatable bonds is 8. The minimum Gasteiger partial charge on any atom is -0.495 e. The number of alkyl halides is 6. The number of para-hydroxylation sites is 2. The molecule has 31 heavy (non-hydrogen) atoms. The molecule has 0 aromatic heterocycles. The maximum atomic E-state index is 13.0. The molecule has 0 radical (unpaired) electrons. The Bertz CT molecular complexity index is 946. The lowest BCUT2D eigenvalue weighted by Gasteiger charge is -2.32. The lowest BCUT2D eigenvalue weighted by atomic mass is 10.3. The van der Waals surface area contributed by atoms with Crippen LogP contribution in [-0.4, -0.2) is 65.6 Å². The van der Waals surface area contributed by atoms with Gasteiger partial charge in [-0.3, -0.25) is 4.72 Å². The summed E-state index contributed by atoms with van der Waals surface area (Å²) in [7, 11) is -2.46. The quantitative estimate of drug-likeness (QED) is 0.579. The molecule has 1 aromatic carbocycles. The molecule has 0 spiro atoms. The molecule has 15 heteroatoms. The van der Waals surface area contributed by atoms with E-state index in [-0.39, 0.29) is 11.4 Å². The summed E-state index contributed by atoms with van der Waals surface area (Å²) in [6.45, 7) is -3.81. The number of halogens is 6. The summed E-state index contributed by atoms with van der Waals surface area (Å²) in [6.07, 6.45) is -10.9. The largest absolute Gasteiger partial charge is 0.495 e. The van der Waals surface area contributed by atoms with Gasteiger partial charge in [-0.2, -0.15) is 26.3 Å². The number of methoxy groups -OCH3 is 1. The van der Waals surface area contributed by atoms with Gasteiger partial charge in [-0.15, -0.1) is 0 Å². The van der Waals surface area contributed by atoms with Gasteiger partial charge in [-0.05, 0) is 12.1 Å². The van der Waals surface area contributed by atoms with Crippen molar-refractivity contribution in [3.05, 3.63) is 35.1 Å². The second-order valence-corrected chi connectivity index (χ2v) is 7.72. The predicted molar refractivity (Wildman–Crippen MR) is 96.6 cm³/mol. The number of sulfonamides is 1. The molecule has 1 unspecified atom stereocenters. The van der Waals surface area contributed by atoms with Crippen LogP contribution in [0.3, 0.4) is 0 Å². The molecular formula is C16H17F6N3O5S. The lowest BCUT2D eigenvalue weighted by Crippen LogP contribution is -2.43. The summed E-state index contributed by atoms with van der Waals surface area (Å²) in [4.78, 5) is 3.25. The fourth-order valence-electron chi connectivity index (χ4n) is 2.36. The van der Waals surface area contributed by atoms with Crippen LogP contribution in [0.25, 0.3) is 0 Å². The molecular weight excluding hydrogens is 460 g/mol. The molecule has 0 saturated carbocycles. The number of anilines is 1. The van der Waals surface area contributed by atoms with E-state index in [2.05, 4.69) is 14.5 Å². The second kappa shape index (κ2) is 9.21. The minimum absolute atomic E-state index is 0.0462. The van der Waals surface area contributed by atoms with Crippen LogP contribution in [0, 0.1) is 0 Å². The van der Waals surface area contributed by atoms with Crippen molar-refractivity contribution in [1.82, 2.24) is 4.90 Å². The summed E-state index contributed by atoms with van der Waals surface area (Å²) in [5, 5.41) is 0. The number of benzene rings is 1. The van der Waals surface area contributed by atoms with Crippen molar-refractivity contribution in [3.63, 3.8) is 0 Å². The predicted octanol–water partition coefficient (Wildman–Crippen LogP) is 3.06. The highest BCUT2D eigenvalue weighted by molar-refractivity contribution is 7.96. The Morgan fingerprint density at radius 1 is 1.10 bits per heavy atom. The summed E-state index contributed by atoms with van der Waals surface area (Å²) in [6, 6.07) is 5.60. The van der Waals surface area contributed by atoms with Crippen LogP contribution >= 0.6 is 0 Å². The first kappa shape index (κ1) is 24.6. The van der Waals surface area contributed by atoms with E-state index in [9.17, 15) is 34.8 Å². The van der Waals surface area contributed by atoms with Crippen molar-refractivity contribution in [1.29, 1.82) is 0 Å². The van der Waals surface area contributed by atoms with E-state index < -0.39 is 52.6 Å². The van der Waals surface area contributed by atoms with Crippen molar-refractivity contribution < 1.29 is 49.0 Å². The van der Waals surface area contributed by atoms with E-state index >= 15 is 0 Å². The Hall–Kier alpha value is -2.68. The number of ether oxygens (including phenoxy) is 3. The fraction of sp³-hybridized carbons (Fsp3) is 0.438. The average molecular weight is 477 g/mol. The van der Waals surface area contributed by atoms with Gasteiger partial charge in [-0.25, -0.2) is 13.4 Å². The molecule has 1 atom stereocenters. The Morgan fingerprint density at radius 2 is 1.71 bits per heavy atom. The standard InChI is InChI=1S/C16H17F6N3O5S/c1-25-9-23-13(29-7-15(17,18)19)12(14(25)30-8-16(20,21)22)31(26,27)24-10-5-3-4-6-11(10)28-2/h3-6,9,14,24H,7-8H2,1-2H3. The number of nitrogens with one attached hydrogen (secondary N) is 1. The lowest BCUT2D eigenvalue weighted by molar-refractivity contribution is -0.191. The molecule has 174 valence electrons. The van der Waals surface area contributed by atoms with Gasteiger partial charge < -0.3 is 19.1 Å². The van der Waals surface area contributed by atoms with Crippen LogP contribution in [0.4, 0.5) is 32.0 Å². The van der Waals surface area contributed by atoms with E-state index in [1.54, 1.807) is 0 Å². The van der Waals surface area contributed by atoms with Gasteiger partial charge >= 0.3 is 12.4 Å². The van der Waals surface area contributed by atoms with Crippen molar-refractivity contribution in [3.8, 4) is 5.75 Å². The summed E-state index contributed by atoms with van der Waals surface area (Å²) < 4.78 is 118. The molecule has 2 rings (SSSR count). The molecule has 1 heterocycles. The monoisotopic (exact) mass is 477 g/mol. The fourth-order valence-corrected chi connectivity index (χ4v) is 3.77. The molecule has 0 bridgehead atoms. The van der Waals surface area contributed by atoms with E-state index in [1.165, 1.54) is 31.4 Å². The smallest absolute Gasteiger partial charge is 0.422 e. The van der Waals surface area contributed by atoms with Crippen LogP contribution in [0.5, 0.6) is 5.75 Å². The zero-order valence-corrected chi connectivity index (χ0v) is 16.8. The van der Waals surface area contributed by atoms with Gasteiger partial charge in [0.1, 0.15) is 12.4 Å². The summed E-state index contributed by atoms with van der Waals surface area (Å²) >= 11 is 0. The van der Waals surface area contributed by atoms with Gasteiger partial charge in [0.25, 0.3) is 10.0 Å². The molecule has 1 aromatic rings. The minimum atomic E-state index is -4.86. The van der Waals surface area contributed by atoms with Gasteiger partial charge in [-0.1, -0.05) is 12.1 Å². The number of likely N-dealkylation sites (N-methyl/N-ethyl adjacent to an activating group) is 1. The summed E-state index contributed by atoms with van der Waals surface area (Å²) in [5.74, 6) is -1.02. The molecule has 0 aliphatic carbocycles. The van der Waals surface area contributed by atoms with Crippen LogP contribution < -0.4 is 9.46 Å². The van der Waals surface area contributed by atoms with E-state index in [0.29, 0.717) is 0 Å². The molecule has 1 aliphatic heterocycles. The van der Waals surface area contributed by atoms with Crippen LogP contribution in [0.15, 0.2) is 40.0 Å². The van der Waals surface area contributed by atoms with Crippen molar-refractivity contribution in [2.45, 2.75) is 18.6 Å². The number of hydrogen-bond donors (Lipinski definition) is 1. The first-order valence-electron chi connectivity index (χ1n) is 8.27. The van der Waals surface area contributed by atoms with Crippen LogP contribution in [-0.2, 0) is 19.5 Å². The number of hydrogen-bond acceptors (Lipinski definition) is 7. The van der Waals surface area contributed by atoms with Gasteiger partial charge in [0.05, 0.1) is 19.1 Å². The van der Waals surface area contributed by atoms with Gasteiger partial charge in [0, 0.05) is 7.05 Å². The Balaban J connectivity index is 2.51.